The zero-order valence-corrected chi connectivity index (χ0v) is 26.6. The van der Waals surface area contributed by atoms with Crippen LogP contribution in [-0.2, 0) is 26.3 Å². The molecule has 4 atom stereocenters. The quantitative estimate of drug-likeness (QED) is 0.276. The van der Waals surface area contributed by atoms with Crippen molar-refractivity contribution in [1.82, 2.24) is 9.71 Å². The van der Waals surface area contributed by atoms with Crippen LogP contribution in [0.2, 0.25) is 18.1 Å². The van der Waals surface area contributed by atoms with Crippen LogP contribution >= 0.6 is 15.9 Å². The van der Waals surface area contributed by atoms with Crippen LogP contribution in [-0.4, -0.2) is 49.9 Å². The van der Waals surface area contributed by atoms with Crippen LogP contribution in [0.3, 0.4) is 0 Å². The van der Waals surface area contributed by atoms with Crippen LogP contribution in [0.25, 0.3) is 0 Å². The number of pyridine rings is 1. The van der Waals surface area contributed by atoms with Crippen molar-refractivity contribution in [1.29, 1.82) is 5.26 Å². The first-order chi connectivity index (χ1) is 16.6. The Labute approximate surface area is 227 Å². The molecular formula is C24H39BrF2N4O2S2Si. The fraction of sp³-hybridized carbons (Fsp3) is 0.750. The first-order valence-electron chi connectivity index (χ1n) is 12.4. The molecule has 1 aromatic heterocycles. The molecule has 0 radical (unpaired) electrons. The minimum atomic E-state index is -3.37. The van der Waals surface area contributed by atoms with E-state index in [-0.39, 0.29) is 12.2 Å². The summed E-state index contributed by atoms with van der Waals surface area (Å²) >= 11 is 3.40. The summed E-state index contributed by atoms with van der Waals surface area (Å²) < 4.78 is 64.8. The maximum Gasteiger partial charge on any atom is 0.146 e. The Kier molecular flexibility index (Phi) is 10.1. The van der Waals surface area contributed by atoms with Gasteiger partial charge in [0, 0.05) is 6.54 Å². The van der Waals surface area contributed by atoms with Gasteiger partial charge in [0.25, 0.3) is 0 Å². The highest BCUT2D eigenvalue weighted by atomic mass is 79.9. The number of hydrogen-bond acceptors (Lipinski definition) is 5. The van der Waals surface area contributed by atoms with Gasteiger partial charge in [-0.15, -0.1) is 0 Å². The number of nitriles is 1. The van der Waals surface area contributed by atoms with Crippen LogP contribution in [0.15, 0.2) is 15.0 Å². The second-order valence-corrected chi connectivity index (χ2v) is 21.5. The number of alkyl halides is 1. The maximum atomic E-state index is 16.5. The van der Waals surface area contributed by atoms with Gasteiger partial charge in [-0.1, -0.05) is 38.9 Å². The van der Waals surface area contributed by atoms with E-state index in [2.05, 4.69) is 36.1 Å². The van der Waals surface area contributed by atoms with E-state index in [9.17, 15) is 13.7 Å². The van der Waals surface area contributed by atoms with E-state index in [1.807, 2.05) is 20.8 Å². The lowest BCUT2D eigenvalue weighted by Crippen LogP contribution is -2.58. The molecular weight excluding hydrogens is 586 g/mol. The fourth-order valence-corrected chi connectivity index (χ4v) is 12.7. The lowest BCUT2D eigenvalue weighted by Gasteiger charge is -2.39. The average Bonchev–Trinajstić information content (AvgIpc) is 2.83. The molecule has 0 aliphatic carbocycles. The van der Waals surface area contributed by atoms with Crippen molar-refractivity contribution in [2.75, 3.05) is 19.0 Å². The number of hydrogen-bond donors (Lipinski definition) is 1. The predicted molar refractivity (Wildman–Crippen MR) is 151 cm³/mol. The SMILES string of the molecule is CC[Si](CC)(CC)c1cc(Br)nc([C@](CF)(C[S@@]2(=O)=NCCC[C@@]2(C)C#N)N[S@](=O)C(C)(C)C)c1F. The molecule has 6 nitrogen and oxygen atoms in total. The van der Waals surface area contributed by atoms with Gasteiger partial charge in [-0.2, -0.15) is 5.26 Å². The van der Waals surface area contributed by atoms with Gasteiger partial charge in [0.15, 0.2) is 0 Å². The number of halogens is 3. The molecule has 0 unspecified atom stereocenters. The van der Waals surface area contributed by atoms with Crippen molar-refractivity contribution >= 4 is 49.9 Å². The number of aromatic nitrogens is 1. The Hall–Kier alpha value is -0.743. The van der Waals surface area contributed by atoms with E-state index in [0.29, 0.717) is 22.6 Å². The highest BCUT2D eigenvalue weighted by Gasteiger charge is 2.50. The minimum absolute atomic E-state index is 0.261. The fourth-order valence-electron chi connectivity index (χ4n) is 4.72. The highest BCUT2D eigenvalue weighted by molar-refractivity contribution is 9.10. The molecule has 2 heterocycles. The number of rotatable bonds is 10. The second kappa shape index (κ2) is 11.6. The number of nitrogens with zero attached hydrogens (tertiary/aromatic N) is 3. The summed E-state index contributed by atoms with van der Waals surface area (Å²) in [5, 5.41) is 10.4. The lowest BCUT2D eigenvalue weighted by atomic mass is 9.99. The third-order valence-electron chi connectivity index (χ3n) is 7.55. The standard InChI is InChI=1S/C24H39BrF2N4O2S2Si/c1-8-36(9-2,10-3)18-14-19(25)30-21(20(18)27)24(15-26,31-34(32)22(4,5)6)17-35(33)23(7,16-28)12-11-13-29-35/h14,31H,8-13,15,17H2,1-7H3/t23-,24-,34+,35-/m0/s1. The van der Waals surface area contributed by atoms with Crippen molar-refractivity contribution in [2.24, 2.45) is 4.36 Å². The monoisotopic (exact) mass is 624 g/mol. The van der Waals surface area contributed by atoms with Crippen molar-refractivity contribution < 1.29 is 17.2 Å². The Morgan fingerprint density at radius 2 is 1.89 bits per heavy atom. The molecule has 12 heteroatoms. The molecule has 0 aromatic carbocycles. The maximum absolute atomic E-state index is 16.5. The summed E-state index contributed by atoms with van der Waals surface area (Å²) in [6.45, 7) is 11.8. The summed E-state index contributed by atoms with van der Waals surface area (Å²) in [6.07, 6.45) is 0.907. The molecule has 0 amide bonds. The van der Waals surface area contributed by atoms with Crippen molar-refractivity contribution in [3.63, 3.8) is 0 Å². The summed E-state index contributed by atoms with van der Waals surface area (Å²) in [6, 6.07) is 6.17. The lowest BCUT2D eigenvalue weighted by molar-refractivity contribution is 0.297. The van der Waals surface area contributed by atoms with Crippen LogP contribution in [0.1, 0.15) is 67.0 Å². The summed E-state index contributed by atoms with van der Waals surface area (Å²) in [5.41, 5.74) is -2.27. The molecule has 1 aliphatic rings. The first kappa shape index (κ1) is 31.5. The first-order valence-corrected chi connectivity index (χ1v) is 18.6. The Morgan fingerprint density at radius 3 is 2.36 bits per heavy atom. The Bertz CT molecular complexity index is 1150. The van der Waals surface area contributed by atoms with Gasteiger partial charge >= 0.3 is 0 Å². The Balaban J connectivity index is 2.93. The molecule has 204 valence electrons. The van der Waals surface area contributed by atoms with Gasteiger partial charge in [-0.25, -0.2) is 31.3 Å². The molecule has 1 N–H and O–H groups in total. The van der Waals surface area contributed by atoms with Crippen molar-refractivity contribution in [2.45, 2.75) is 94.5 Å². The largest absolute Gasteiger partial charge is 0.249 e. The molecule has 0 saturated carbocycles. The van der Waals surface area contributed by atoms with Crippen LogP contribution < -0.4 is 9.91 Å². The zero-order chi connectivity index (χ0) is 27.6. The van der Waals surface area contributed by atoms with Gasteiger partial charge in [0.2, 0.25) is 0 Å². The minimum Gasteiger partial charge on any atom is -0.249 e. The normalized spacial score (nSPS) is 25.5. The van der Waals surface area contributed by atoms with Crippen molar-refractivity contribution in [3.8, 4) is 6.07 Å². The van der Waals surface area contributed by atoms with E-state index in [4.69, 9.17) is 0 Å². The summed E-state index contributed by atoms with van der Waals surface area (Å²) in [4.78, 5) is 4.38. The van der Waals surface area contributed by atoms with Gasteiger partial charge in [0.05, 0.1) is 45.4 Å². The van der Waals surface area contributed by atoms with Gasteiger partial charge in [-0.05, 0) is 67.7 Å². The third-order valence-corrected chi connectivity index (χ3v) is 18.4. The van der Waals surface area contributed by atoms with E-state index in [0.717, 1.165) is 18.1 Å². The topological polar surface area (TPSA) is 95.2 Å². The molecule has 0 fully saturated rings. The van der Waals surface area contributed by atoms with Crippen LogP contribution in [0.5, 0.6) is 0 Å². The smallest absolute Gasteiger partial charge is 0.146 e. The van der Waals surface area contributed by atoms with Crippen LogP contribution in [0, 0.1) is 17.1 Å². The predicted octanol–water partition coefficient (Wildman–Crippen LogP) is 5.46. The molecule has 0 spiro atoms. The van der Waals surface area contributed by atoms with E-state index < -0.39 is 62.1 Å². The zero-order valence-electron chi connectivity index (χ0n) is 22.3. The molecule has 0 saturated heterocycles. The molecule has 1 aliphatic heterocycles. The average molecular weight is 626 g/mol. The Morgan fingerprint density at radius 1 is 1.31 bits per heavy atom. The van der Waals surface area contributed by atoms with Crippen molar-refractivity contribution in [3.05, 3.63) is 22.2 Å². The molecule has 1 aromatic rings. The molecule has 0 bridgehead atoms. The molecule has 36 heavy (non-hydrogen) atoms. The summed E-state index contributed by atoms with van der Waals surface area (Å²) in [7, 11) is -7.52. The van der Waals surface area contributed by atoms with E-state index >= 15 is 8.78 Å². The number of nitrogens with one attached hydrogen (secondary N) is 1. The third kappa shape index (κ3) is 5.80. The van der Waals surface area contributed by atoms with Gasteiger partial charge in [-0.3, -0.25) is 0 Å². The van der Waals surface area contributed by atoms with E-state index in [1.165, 1.54) is 0 Å². The summed E-state index contributed by atoms with van der Waals surface area (Å²) in [5.74, 6) is -1.16. The highest BCUT2D eigenvalue weighted by Crippen LogP contribution is 2.37. The van der Waals surface area contributed by atoms with E-state index in [1.54, 1.807) is 33.8 Å². The van der Waals surface area contributed by atoms with Gasteiger partial charge in [0.1, 0.15) is 33.1 Å². The van der Waals surface area contributed by atoms with Crippen LogP contribution in [0.4, 0.5) is 8.78 Å². The molecule has 2 rings (SSSR count). The second-order valence-electron chi connectivity index (χ2n) is 10.8. The van der Waals surface area contributed by atoms with Gasteiger partial charge < -0.3 is 0 Å².